The smallest absolute Gasteiger partial charge is 0.0720 e. The van der Waals surface area contributed by atoms with Gasteiger partial charge in [0.15, 0.2) is 0 Å². The lowest BCUT2D eigenvalue weighted by Crippen LogP contribution is -2.22. The Morgan fingerprint density at radius 1 is 1.47 bits per heavy atom. The molecule has 3 nitrogen and oxygen atoms in total. The van der Waals surface area contributed by atoms with Crippen LogP contribution < -0.4 is 5.11 Å². The van der Waals surface area contributed by atoms with Gasteiger partial charge in [-0.3, -0.25) is 4.98 Å². The molecule has 1 aromatic carbocycles. The van der Waals surface area contributed by atoms with Crippen molar-refractivity contribution in [3.8, 4) is 0 Å². The number of aryl methyl sites for hydroxylation is 1. The Morgan fingerprint density at radius 2 is 2.18 bits per heavy atom. The van der Waals surface area contributed by atoms with Gasteiger partial charge >= 0.3 is 0 Å². The van der Waals surface area contributed by atoms with Gasteiger partial charge in [0.25, 0.3) is 0 Å². The van der Waals surface area contributed by atoms with Gasteiger partial charge < -0.3 is 9.90 Å². The summed E-state index contributed by atoms with van der Waals surface area (Å²) in [5.74, 6) is -1.21. The molecule has 0 fully saturated rings. The second kappa shape index (κ2) is 4.34. The summed E-state index contributed by atoms with van der Waals surface area (Å²) in [4.78, 5) is 15.2. The molecule has 1 heterocycles. The van der Waals surface area contributed by atoms with Crippen LogP contribution in [0.5, 0.6) is 0 Å². The van der Waals surface area contributed by atoms with Crippen LogP contribution in [0.25, 0.3) is 10.9 Å². The number of aromatic carboxylic acids is 1. The number of carboxylic acids is 1. The van der Waals surface area contributed by atoms with Crippen molar-refractivity contribution >= 4 is 28.5 Å². The molecule has 0 aliphatic heterocycles. The summed E-state index contributed by atoms with van der Waals surface area (Å²) in [6, 6.07) is 4.64. The Kier molecular flexibility index (Phi) is 3.03. The first-order valence-corrected chi connectivity index (χ1v) is 5.72. The predicted octanol–water partition coefficient (Wildman–Crippen LogP) is 2.12. The second-order valence-corrected chi connectivity index (χ2v) is 4.24. The van der Waals surface area contributed by atoms with E-state index in [4.69, 9.17) is 11.6 Å². The maximum Gasteiger partial charge on any atom is 0.0720 e. The Morgan fingerprint density at radius 3 is 2.76 bits per heavy atom. The highest BCUT2D eigenvalue weighted by Gasteiger charge is 2.10. The third-order valence-corrected chi connectivity index (χ3v) is 3.24. The molecule has 0 saturated carbocycles. The summed E-state index contributed by atoms with van der Waals surface area (Å²) in [5, 5.41) is 12.0. The maximum atomic E-state index is 10.8. The normalized spacial score (nSPS) is 10.8. The predicted molar refractivity (Wildman–Crippen MR) is 65.2 cm³/mol. The van der Waals surface area contributed by atoms with Gasteiger partial charge in [-0.25, -0.2) is 0 Å². The van der Waals surface area contributed by atoms with Crippen molar-refractivity contribution in [1.82, 2.24) is 4.98 Å². The van der Waals surface area contributed by atoms with Gasteiger partial charge in [0.05, 0.1) is 16.5 Å². The van der Waals surface area contributed by atoms with Crippen molar-refractivity contribution in [2.75, 3.05) is 0 Å². The van der Waals surface area contributed by atoms with E-state index < -0.39 is 5.97 Å². The van der Waals surface area contributed by atoms with Crippen LogP contribution in [0.1, 0.15) is 28.5 Å². The van der Waals surface area contributed by atoms with E-state index in [2.05, 4.69) is 4.98 Å². The molecule has 0 amide bonds. The molecule has 4 heteroatoms. The summed E-state index contributed by atoms with van der Waals surface area (Å²) in [7, 11) is 0. The van der Waals surface area contributed by atoms with Gasteiger partial charge in [0.2, 0.25) is 0 Å². The lowest BCUT2D eigenvalue weighted by Gasteiger charge is -2.10. The largest absolute Gasteiger partial charge is 0.545 e. The fourth-order valence-corrected chi connectivity index (χ4v) is 2.34. The molecular formula is C13H11ClNO2-. The van der Waals surface area contributed by atoms with Gasteiger partial charge in [-0.15, -0.1) is 0 Å². The molecule has 17 heavy (non-hydrogen) atoms. The minimum absolute atomic E-state index is 0.118. The van der Waals surface area contributed by atoms with E-state index in [1.165, 1.54) is 12.1 Å². The third kappa shape index (κ3) is 1.98. The van der Waals surface area contributed by atoms with E-state index >= 15 is 0 Å². The minimum atomic E-state index is -1.21. The molecule has 0 aliphatic carbocycles. The number of halogens is 1. The van der Waals surface area contributed by atoms with Gasteiger partial charge in [-0.05, 0) is 36.6 Å². The highest BCUT2D eigenvalue weighted by molar-refractivity contribution is 6.36. The van der Waals surface area contributed by atoms with E-state index in [-0.39, 0.29) is 5.56 Å². The zero-order chi connectivity index (χ0) is 12.6. The van der Waals surface area contributed by atoms with E-state index in [1.54, 1.807) is 6.07 Å². The number of benzene rings is 1. The number of hydrogen-bond acceptors (Lipinski definition) is 3. The van der Waals surface area contributed by atoms with Crippen LogP contribution in [-0.4, -0.2) is 11.0 Å². The summed E-state index contributed by atoms with van der Waals surface area (Å²) in [6.45, 7) is 3.89. The fourth-order valence-electron chi connectivity index (χ4n) is 1.92. The standard InChI is InChI=1S/C13H12ClNO2/c1-3-9-7(2)15-11-5-4-8(13(16)17)6-10(11)12(9)14/h4-6H,3H2,1-2H3,(H,16,17)/p-1. The monoisotopic (exact) mass is 248 g/mol. The zero-order valence-electron chi connectivity index (χ0n) is 9.58. The van der Waals surface area contributed by atoms with E-state index in [0.717, 1.165) is 17.7 Å². The molecule has 1 aromatic heterocycles. The Labute approximate surface area is 104 Å². The Bertz CT molecular complexity index is 608. The number of hydrogen-bond donors (Lipinski definition) is 0. The number of pyridine rings is 1. The lowest BCUT2D eigenvalue weighted by molar-refractivity contribution is -0.255. The van der Waals surface area contributed by atoms with Crippen molar-refractivity contribution in [2.45, 2.75) is 20.3 Å². The minimum Gasteiger partial charge on any atom is -0.545 e. The molecule has 0 unspecified atom stereocenters. The number of rotatable bonds is 2. The number of fused-ring (bicyclic) bond motifs is 1. The first kappa shape index (κ1) is 11.9. The molecule has 0 saturated heterocycles. The van der Waals surface area contributed by atoms with Crippen LogP contribution in [0.15, 0.2) is 18.2 Å². The lowest BCUT2D eigenvalue weighted by atomic mass is 10.1. The quantitative estimate of drug-likeness (QED) is 0.818. The van der Waals surface area contributed by atoms with Crippen molar-refractivity contribution in [1.29, 1.82) is 0 Å². The van der Waals surface area contributed by atoms with E-state index in [0.29, 0.717) is 15.9 Å². The van der Waals surface area contributed by atoms with Crippen molar-refractivity contribution in [3.05, 3.63) is 40.0 Å². The van der Waals surface area contributed by atoms with Crippen LogP contribution >= 0.6 is 11.6 Å². The molecule has 2 aromatic rings. The van der Waals surface area contributed by atoms with Gasteiger partial charge in [-0.1, -0.05) is 24.6 Å². The summed E-state index contributed by atoms with van der Waals surface area (Å²) in [5.41, 5.74) is 2.66. The number of nitrogens with zero attached hydrogens (tertiary/aromatic N) is 1. The third-order valence-electron chi connectivity index (χ3n) is 2.81. The summed E-state index contributed by atoms with van der Waals surface area (Å²) >= 11 is 6.27. The molecule has 0 atom stereocenters. The zero-order valence-corrected chi connectivity index (χ0v) is 10.3. The summed E-state index contributed by atoms with van der Waals surface area (Å²) in [6.07, 6.45) is 0.767. The van der Waals surface area contributed by atoms with Crippen LogP contribution in [0.4, 0.5) is 0 Å². The molecule has 0 spiro atoms. The topological polar surface area (TPSA) is 53.0 Å². The molecule has 88 valence electrons. The first-order chi connectivity index (χ1) is 8.04. The van der Waals surface area contributed by atoms with Crippen molar-refractivity contribution < 1.29 is 9.90 Å². The Balaban J connectivity index is 2.80. The maximum absolute atomic E-state index is 10.8. The number of carboxylic acid groups (broad SMARTS) is 1. The van der Waals surface area contributed by atoms with E-state index in [9.17, 15) is 9.90 Å². The van der Waals surface area contributed by atoms with Crippen LogP contribution in [-0.2, 0) is 6.42 Å². The Hall–Kier alpha value is -1.61. The van der Waals surface area contributed by atoms with Gasteiger partial charge in [-0.2, -0.15) is 0 Å². The number of carbonyl (C=O) groups excluding carboxylic acids is 1. The summed E-state index contributed by atoms with van der Waals surface area (Å²) < 4.78 is 0. The van der Waals surface area contributed by atoms with Crippen molar-refractivity contribution in [2.24, 2.45) is 0 Å². The van der Waals surface area contributed by atoms with Crippen LogP contribution in [0.2, 0.25) is 5.02 Å². The SMILES string of the molecule is CCc1c(C)nc2ccc(C(=O)[O-])cc2c1Cl. The number of carbonyl (C=O) groups is 1. The molecule has 0 radical (unpaired) electrons. The fraction of sp³-hybridized carbons (Fsp3) is 0.231. The van der Waals surface area contributed by atoms with E-state index in [1.807, 2.05) is 13.8 Å². The first-order valence-electron chi connectivity index (χ1n) is 5.34. The molecule has 0 aliphatic rings. The molecule has 0 N–H and O–H groups in total. The van der Waals surface area contributed by atoms with Gasteiger partial charge in [0, 0.05) is 11.1 Å². The highest BCUT2D eigenvalue weighted by Crippen LogP contribution is 2.29. The highest BCUT2D eigenvalue weighted by atomic mass is 35.5. The van der Waals surface area contributed by atoms with Crippen LogP contribution in [0.3, 0.4) is 0 Å². The average molecular weight is 249 g/mol. The number of aromatic nitrogens is 1. The van der Waals surface area contributed by atoms with Gasteiger partial charge in [0.1, 0.15) is 0 Å². The molecule has 2 rings (SSSR count). The second-order valence-electron chi connectivity index (χ2n) is 3.86. The van der Waals surface area contributed by atoms with Crippen molar-refractivity contribution in [3.63, 3.8) is 0 Å². The molecular weight excluding hydrogens is 238 g/mol. The molecule has 0 bridgehead atoms. The average Bonchev–Trinajstić information content (AvgIpc) is 2.29. The van der Waals surface area contributed by atoms with Crippen LogP contribution in [0, 0.1) is 6.92 Å².